The average Bonchev–Trinajstić information content (AvgIpc) is 2.96. The Morgan fingerprint density at radius 3 is 2.64 bits per heavy atom. The Morgan fingerprint density at radius 2 is 2.12 bits per heavy atom. The number of guanidine groups is 1. The molecule has 1 saturated heterocycles. The number of hydrogen-bond acceptors (Lipinski definition) is 4. The number of nitrogens with zero attached hydrogens (tertiary/aromatic N) is 3. The molecule has 0 unspecified atom stereocenters. The van der Waals surface area contributed by atoms with Gasteiger partial charge < -0.3 is 19.5 Å². The fourth-order valence-corrected chi connectivity index (χ4v) is 4.26. The molecule has 0 bridgehead atoms. The van der Waals surface area contributed by atoms with Crippen molar-refractivity contribution in [2.45, 2.75) is 31.1 Å². The highest BCUT2D eigenvalue weighted by Gasteiger charge is 2.42. The van der Waals surface area contributed by atoms with Crippen LogP contribution in [-0.2, 0) is 28.2 Å². The molecular formula is C17H30N4O3S. The minimum Gasteiger partial charge on any atom is -0.381 e. The predicted octanol–water partition coefficient (Wildman–Crippen LogP) is 1.02. The summed E-state index contributed by atoms with van der Waals surface area (Å²) in [7, 11) is 0.754. The van der Waals surface area contributed by atoms with Crippen molar-refractivity contribution in [2.75, 3.05) is 39.6 Å². The molecule has 1 aliphatic rings. The minimum absolute atomic E-state index is 0.259. The Morgan fingerprint density at radius 1 is 1.44 bits per heavy atom. The Kier molecular flexibility index (Phi) is 6.51. The third-order valence-electron chi connectivity index (χ3n) is 4.85. The van der Waals surface area contributed by atoms with Crippen LogP contribution in [0.2, 0.25) is 0 Å². The minimum atomic E-state index is -3.22. The summed E-state index contributed by atoms with van der Waals surface area (Å²) < 4.78 is 31.4. The van der Waals surface area contributed by atoms with E-state index < -0.39 is 14.6 Å². The van der Waals surface area contributed by atoms with Gasteiger partial charge in [-0.15, -0.1) is 0 Å². The number of aromatic nitrogens is 1. The standard InChI is InChI=1S/C17H30N4O3S/c1-5-18-16(21(3)13-15-7-6-10-20(15)2)19-14-17(25(4,22)23)8-11-24-12-9-17/h6-7,10H,5,8-9,11-14H2,1-4H3,(H,18,19). The lowest BCUT2D eigenvalue weighted by Crippen LogP contribution is -2.47. The van der Waals surface area contributed by atoms with Gasteiger partial charge in [-0.3, -0.25) is 4.99 Å². The second-order valence-electron chi connectivity index (χ2n) is 6.70. The van der Waals surface area contributed by atoms with Crippen molar-refractivity contribution in [3.05, 3.63) is 24.0 Å². The Hall–Kier alpha value is -1.54. The first kappa shape index (κ1) is 19.8. The van der Waals surface area contributed by atoms with Crippen molar-refractivity contribution >= 4 is 15.8 Å². The van der Waals surface area contributed by atoms with Crippen molar-refractivity contribution < 1.29 is 13.2 Å². The van der Waals surface area contributed by atoms with Crippen LogP contribution in [-0.4, -0.2) is 68.2 Å². The van der Waals surface area contributed by atoms with Gasteiger partial charge in [-0.25, -0.2) is 8.42 Å². The van der Waals surface area contributed by atoms with Gasteiger partial charge in [0, 0.05) is 52.0 Å². The second kappa shape index (κ2) is 8.23. The summed E-state index contributed by atoms with van der Waals surface area (Å²) in [6.07, 6.45) is 4.31. The van der Waals surface area contributed by atoms with E-state index in [1.54, 1.807) is 0 Å². The molecule has 8 heteroatoms. The maximum atomic E-state index is 12.4. The summed E-state index contributed by atoms with van der Waals surface area (Å²) in [5.74, 6) is 0.721. The highest BCUT2D eigenvalue weighted by atomic mass is 32.2. The number of hydrogen-bond donors (Lipinski definition) is 1. The summed E-state index contributed by atoms with van der Waals surface area (Å²) in [5, 5.41) is 3.26. The zero-order valence-electron chi connectivity index (χ0n) is 15.7. The number of nitrogens with one attached hydrogen (secondary N) is 1. The topological polar surface area (TPSA) is 75.9 Å². The number of rotatable bonds is 6. The first-order valence-corrected chi connectivity index (χ1v) is 10.6. The number of aliphatic imine (C=N–C) groups is 1. The highest BCUT2D eigenvalue weighted by molar-refractivity contribution is 7.92. The van der Waals surface area contributed by atoms with E-state index in [0.717, 1.165) is 18.2 Å². The predicted molar refractivity (Wildman–Crippen MR) is 100 cm³/mol. The van der Waals surface area contributed by atoms with E-state index in [2.05, 4.69) is 20.9 Å². The van der Waals surface area contributed by atoms with E-state index >= 15 is 0 Å². The van der Waals surface area contributed by atoms with Gasteiger partial charge in [0.25, 0.3) is 0 Å². The third-order valence-corrected chi connectivity index (χ3v) is 6.97. The summed E-state index contributed by atoms with van der Waals surface area (Å²) >= 11 is 0. The molecular weight excluding hydrogens is 340 g/mol. The normalized spacial score (nSPS) is 18.2. The van der Waals surface area contributed by atoms with E-state index in [1.807, 2.05) is 38.2 Å². The molecule has 1 aromatic heterocycles. The van der Waals surface area contributed by atoms with Gasteiger partial charge in [0.1, 0.15) is 0 Å². The van der Waals surface area contributed by atoms with Crippen LogP contribution in [0.1, 0.15) is 25.5 Å². The van der Waals surface area contributed by atoms with E-state index in [1.165, 1.54) is 6.26 Å². The van der Waals surface area contributed by atoms with Gasteiger partial charge in [0.15, 0.2) is 15.8 Å². The van der Waals surface area contributed by atoms with Crippen molar-refractivity contribution in [2.24, 2.45) is 12.0 Å². The van der Waals surface area contributed by atoms with Crippen LogP contribution in [0.5, 0.6) is 0 Å². The van der Waals surface area contributed by atoms with Crippen molar-refractivity contribution in [3.63, 3.8) is 0 Å². The number of aryl methyl sites for hydroxylation is 1. The van der Waals surface area contributed by atoms with Crippen LogP contribution in [0.15, 0.2) is 23.3 Å². The Bertz CT molecular complexity index is 691. The lowest BCUT2D eigenvalue weighted by molar-refractivity contribution is 0.0767. The first-order chi connectivity index (χ1) is 11.8. The van der Waals surface area contributed by atoms with Gasteiger partial charge >= 0.3 is 0 Å². The van der Waals surface area contributed by atoms with E-state index in [9.17, 15) is 8.42 Å². The zero-order chi connectivity index (χ0) is 18.5. The molecule has 0 radical (unpaired) electrons. The largest absolute Gasteiger partial charge is 0.381 e. The van der Waals surface area contributed by atoms with Crippen LogP contribution in [0.3, 0.4) is 0 Å². The molecule has 1 aliphatic heterocycles. The molecule has 0 atom stereocenters. The van der Waals surface area contributed by atoms with Crippen LogP contribution in [0.25, 0.3) is 0 Å². The molecule has 0 amide bonds. The first-order valence-electron chi connectivity index (χ1n) is 8.66. The fraction of sp³-hybridized carbons (Fsp3) is 0.706. The molecule has 0 aromatic carbocycles. The quantitative estimate of drug-likeness (QED) is 0.598. The van der Waals surface area contributed by atoms with Crippen LogP contribution >= 0.6 is 0 Å². The molecule has 2 heterocycles. The summed E-state index contributed by atoms with van der Waals surface area (Å²) in [6, 6.07) is 4.07. The van der Waals surface area contributed by atoms with Crippen molar-refractivity contribution in [1.29, 1.82) is 0 Å². The Balaban J connectivity index is 2.18. The summed E-state index contributed by atoms with van der Waals surface area (Å²) in [6.45, 7) is 4.63. The van der Waals surface area contributed by atoms with Crippen molar-refractivity contribution in [3.8, 4) is 0 Å². The van der Waals surface area contributed by atoms with Gasteiger partial charge in [-0.1, -0.05) is 0 Å². The summed E-state index contributed by atoms with van der Waals surface area (Å²) in [5.41, 5.74) is 1.16. The molecule has 0 spiro atoms. The maximum absolute atomic E-state index is 12.4. The maximum Gasteiger partial charge on any atom is 0.194 e. The molecule has 142 valence electrons. The van der Waals surface area contributed by atoms with Gasteiger partial charge in [-0.2, -0.15) is 0 Å². The monoisotopic (exact) mass is 370 g/mol. The van der Waals surface area contributed by atoms with E-state index in [0.29, 0.717) is 32.6 Å². The lowest BCUT2D eigenvalue weighted by Gasteiger charge is -2.34. The molecule has 0 aliphatic carbocycles. The molecule has 1 aromatic rings. The molecule has 2 rings (SSSR count). The van der Waals surface area contributed by atoms with Gasteiger partial charge in [0.2, 0.25) is 0 Å². The van der Waals surface area contributed by atoms with E-state index in [4.69, 9.17) is 4.74 Å². The lowest BCUT2D eigenvalue weighted by atomic mass is 9.99. The zero-order valence-corrected chi connectivity index (χ0v) is 16.5. The number of sulfone groups is 1. The number of ether oxygens (including phenoxy) is 1. The highest BCUT2D eigenvalue weighted by Crippen LogP contribution is 2.29. The molecule has 0 saturated carbocycles. The molecule has 1 N–H and O–H groups in total. The molecule has 25 heavy (non-hydrogen) atoms. The molecule has 7 nitrogen and oxygen atoms in total. The fourth-order valence-electron chi connectivity index (χ4n) is 3.06. The smallest absolute Gasteiger partial charge is 0.194 e. The van der Waals surface area contributed by atoms with E-state index in [-0.39, 0.29) is 6.54 Å². The van der Waals surface area contributed by atoms with Gasteiger partial charge in [0.05, 0.1) is 17.8 Å². The SMILES string of the molecule is CCNC(=NCC1(S(C)(=O)=O)CCOCC1)N(C)Cc1cccn1C. The van der Waals surface area contributed by atoms with Crippen LogP contribution < -0.4 is 5.32 Å². The summed E-state index contributed by atoms with van der Waals surface area (Å²) in [4.78, 5) is 6.70. The van der Waals surface area contributed by atoms with Gasteiger partial charge in [-0.05, 0) is 31.9 Å². The van der Waals surface area contributed by atoms with Crippen LogP contribution in [0.4, 0.5) is 0 Å². The Labute approximate surface area is 151 Å². The van der Waals surface area contributed by atoms with Crippen LogP contribution in [0, 0.1) is 0 Å². The second-order valence-corrected chi connectivity index (χ2v) is 9.11. The average molecular weight is 371 g/mol. The van der Waals surface area contributed by atoms with Crippen molar-refractivity contribution in [1.82, 2.24) is 14.8 Å². The third kappa shape index (κ3) is 4.76. The molecule has 1 fully saturated rings.